The van der Waals surface area contributed by atoms with Gasteiger partial charge in [-0.15, -0.1) is 0 Å². The molecule has 8 nitrogen and oxygen atoms in total. The number of anilines is 1. The molecule has 5 rings (SSSR count). The number of halogens is 1. The number of nitrogens with zero attached hydrogens (tertiary/aromatic N) is 2. The van der Waals surface area contributed by atoms with Crippen LogP contribution in [0.2, 0.25) is 0 Å². The minimum Gasteiger partial charge on any atom is -0.497 e. The second-order valence-corrected chi connectivity index (χ2v) is 10.9. The molecule has 1 amide bonds. The molecule has 1 N–H and O–H groups in total. The molecule has 0 bridgehead atoms. The topological polar surface area (TPSA) is 80.3 Å². The van der Waals surface area contributed by atoms with Gasteiger partial charge in [-0.05, 0) is 59.7 Å². The van der Waals surface area contributed by atoms with Crippen molar-refractivity contribution in [1.29, 1.82) is 0 Å². The molecule has 0 aliphatic carbocycles. The van der Waals surface area contributed by atoms with E-state index in [1.165, 1.54) is 12.1 Å². The Labute approximate surface area is 263 Å². The number of carbonyl (C=O) groups is 2. The molecule has 0 radical (unpaired) electrons. The number of rotatable bonds is 14. The molecule has 0 aromatic heterocycles. The Hall–Kier alpha value is -4.73. The summed E-state index contributed by atoms with van der Waals surface area (Å²) in [7, 11) is 1.66. The summed E-state index contributed by atoms with van der Waals surface area (Å²) in [6, 6.07) is 29.8. The Morgan fingerprint density at radius 3 is 2.18 bits per heavy atom. The number of ether oxygens (including phenoxy) is 3. The lowest BCUT2D eigenvalue weighted by Gasteiger charge is -2.36. The van der Waals surface area contributed by atoms with Gasteiger partial charge in [-0.2, -0.15) is 0 Å². The largest absolute Gasteiger partial charge is 0.497 e. The summed E-state index contributed by atoms with van der Waals surface area (Å²) in [4.78, 5) is 31.0. The molecular weight excluding hydrogens is 573 g/mol. The predicted octanol–water partition coefficient (Wildman–Crippen LogP) is 5.26. The van der Waals surface area contributed by atoms with E-state index < -0.39 is 6.04 Å². The van der Waals surface area contributed by atoms with E-state index in [1.807, 2.05) is 60.7 Å². The molecule has 1 aliphatic heterocycles. The fourth-order valence-corrected chi connectivity index (χ4v) is 5.14. The van der Waals surface area contributed by atoms with E-state index in [0.717, 1.165) is 48.7 Å². The standard InChI is InChI=1S/C36H38FN3O5/c1-43-33-9-5-8-30(23-33)40-20-18-39(19-21-40)24-36(42)38-34(26-44-25-28-6-3-2-4-7-28)35(41)22-27-10-14-31(15-11-27)45-32-16-12-29(37)13-17-32/h2-17,23,34H,18-22,24-26H2,1H3,(H,38,42)/t34-/m0/s1. The third kappa shape index (κ3) is 9.63. The summed E-state index contributed by atoms with van der Waals surface area (Å²) >= 11 is 0. The molecule has 45 heavy (non-hydrogen) atoms. The van der Waals surface area contributed by atoms with Crippen LogP contribution in [0.15, 0.2) is 103 Å². The van der Waals surface area contributed by atoms with Crippen LogP contribution in [-0.2, 0) is 27.4 Å². The first kappa shape index (κ1) is 31.7. The highest BCUT2D eigenvalue weighted by Gasteiger charge is 2.24. The molecule has 9 heteroatoms. The summed E-state index contributed by atoms with van der Waals surface area (Å²) in [6.45, 7) is 3.61. The van der Waals surface area contributed by atoms with Crippen LogP contribution < -0.4 is 19.7 Å². The summed E-state index contributed by atoms with van der Waals surface area (Å²) < 4.78 is 30.2. The maximum atomic E-state index is 13.5. The first-order chi connectivity index (χ1) is 21.9. The maximum Gasteiger partial charge on any atom is 0.234 e. The number of ketones is 1. The van der Waals surface area contributed by atoms with Crippen molar-refractivity contribution >= 4 is 17.4 Å². The van der Waals surface area contributed by atoms with Crippen LogP contribution in [0.5, 0.6) is 17.2 Å². The van der Waals surface area contributed by atoms with E-state index in [4.69, 9.17) is 14.2 Å². The summed E-state index contributed by atoms with van der Waals surface area (Å²) in [5.41, 5.74) is 2.86. The highest BCUT2D eigenvalue weighted by molar-refractivity contribution is 5.91. The normalized spacial score (nSPS) is 14.0. The first-order valence-corrected chi connectivity index (χ1v) is 15.0. The molecule has 1 heterocycles. The van der Waals surface area contributed by atoms with Crippen molar-refractivity contribution in [3.05, 3.63) is 120 Å². The molecule has 1 fully saturated rings. The number of piperazine rings is 1. The number of benzene rings is 4. The molecule has 4 aromatic carbocycles. The number of amides is 1. The van der Waals surface area contributed by atoms with Crippen LogP contribution in [0, 0.1) is 5.82 Å². The molecule has 0 spiro atoms. The van der Waals surface area contributed by atoms with Crippen LogP contribution in [0.25, 0.3) is 0 Å². The fourth-order valence-electron chi connectivity index (χ4n) is 5.14. The molecule has 234 valence electrons. The average molecular weight is 612 g/mol. The van der Waals surface area contributed by atoms with Gasteiger partial charge in [-0.1, -0.05) is 48.5 Å². The van der Waals surface area contributed by atoms with Crippen molar-refractivity contribution in [3.8, 4) is 17.2 Å². The smallest absolute Gasteiger partial charge is 0.234 e. The van der Waals surface area contributed by atoms with E-state index in [0.29, 0.717) is 18.1 Å². The van der Waals surface area contributed by atoms with Gasteiger partial charge in [0.05, 0.1) is 26.9 Å². The highest BCUT2D eigenvalue weighted by atomic mass is 19.1. The molecule has 1 atom stereocenters. The Bertz CT molecular complexity index is 1520. The van der Waals surface area contributed by atoms with E-state index in [-0.39, 0.29) is 37.1 Å². The van der Waals surface area contributed by atoms with Crippen LogP contribution in [0.4, 0.5) is 10.1 Å². The monoisotopic (exact) mass is 611 g/mol. The third-order valence-electron chi connectivity index (χ3n) is 7.63. The van der Waals surface area contributed by atoms with E-state index in [1.54, 1.807) is 31.4 Å². The zero-order valence-electron chi connectivity index (χ0n) is 25.4. The quantitative estimate of drug-likeness (QED) is 0.208. The Morgan fingerprint density at radius 2 is 1.49 bits per heavy atom. The van der Waals surface area contributed by atoms with Gasteiger partial charge >= 0.3 is 0 Å². The van der Waals surface area contributed by atoms with Crippen molar-refractivity contribution in [2.45, 2.75) is 19.1 Å². The Balaban J connectivity index is 1.16. The zero-order chi connectivity index (χ0) is 31.4. The Kier molecular flexibility index (Phi) is 11.1. The summed E-state index contributed by atoms with van der Waals surface area (Å²) in [5.74, 6) is 1.20. The lowest BCUT2D eigenvalue weighted by molar-refractivity contribution is -0.129. The van der Waals surface area contributed by atoms with Crippen molar-refractivity contribution < 1.29 is 28.2 Å². The molecule has 0 saturated carbocycles. The van der Waals surface area contributed by atoms with Gasteiger partial charge in [0, 0.05) is 44.4 Å². The molecule has 1 aliphatic rings. The van der Waals surface area contributed by atoms with Crippen molar-refractivity contribution in [2.75, 3.05) is 51.3 Å². The fraction of sp³-hybridized carbons (Fsp3) is 0.278. The van der Waals surface area contributed by atoms with Crippen molar-refractivity contribution in [3.63, 3.8) is 0 Å². The number of hydrogen-bond donors (Lipinski definition) is 1. The van der Waals surface area contributed by atoms with Gasteiger partial charge in [0.15, 0.2) is 5.78 Å². The van der Waals surface area contributed by atoms with Gasteiger partial charge in [-0.3, -0.25) is 14.5 Å². The van der Waals surface area contributed by atoms with Crippen LogP contribution in [0.1, 0.15) is 11.1 Å². The summed E-state index contributed by atoms with van der Waals surface area (Å²) in [5, 5.41) is 2.94. The number of hydrogen-bond acceptors (Lipinski definition) is 7. The minimum absolute atomic E-state index is 0.0643. The highest BCUT2D eigenvalue weighted by Crippen LogP contribution is 2.23. The number of methoxy groups -OCH3 is 1. The number of Topliss-reactive ketones (excluding diaryl/α,β-unsaturated/α-hetero) is 1. The lowest BCUT2D eigenvalue weighted by atomic mass is 10.0. The first-order valence-electron chi connectivity index (χ1n) is 15.0. The number of nitrogens with one attached hydrogen (secondary N) is 1. The lowest BCUT2D eigenvalue weighted by Crippen LogP contribution is -2.52. The molecule has 0 unspecified atom stereocenters. The molecule has 4 aromatic rings. The van der Waals surface area contributed by atoms with Gasteiger partial charge < -0.3 is 24.4 Å². The maximum absolute atomic E-state index is 13.5. The van der Waals surface area contributed by atoms with Crippen LogP contribution in [0.3, 0.4) is 0 Å². The van der Waals surface area contributed by atoms with Crippen molar-refractivity contribution in [2.24, 2.45) is 0 Å². The third-order valence-corrected chi connectivity index (χ3v) is 7.63. The van der Waals surface area contributed by atoms with E-state index >= 15 is 0 Å². The van der Waals surface area contributed by atoms with E-state index in [2.05, 4.69) is 21.2 Å². The number of carbonyl (C=O) groups excluding carboxylic acids is 2. The minimum atomic E-state index is -0.797. The van der Waals surface area contributed by atoms with Crippen LogP contribution >= 0.6 is 0 Å². The van der Waals surface area contributed by atoms with Crippen LogP contribution in [-0.4, -0.2) is 69.1 Å². The van der Waals surface area contributed by atoms with Gasteiger partial charge in [0.1, 0.15) is 29.1 Å². The zero-order valence-corrected chi connectivity index (χ0v) is 25.4. The second-order valence-electron chi connectivity index (χ2n) is 10.9. The SMILES string of the molecule is COc1cccc(N2CCN(CC(=O)N[C@@H](COCc3ccccc3)C(=O)Cc3ccc(Oc4ccc(F)cc4)cc3)CC2)c1. The van der Waals surface area contributed by atoms with E-state index in [9.17, 15) is 14.0 Å². The average Bonchev–Trinajstić information content (AvgIpc) is 3.07. The van der Waals surface area contributed by atoms with Gasteiger partial charge in [0.25, 0.3) is 0 Å². The molecule has 1 saturated heterocycles. The molecular formula is C36H38FN3O5. The van der Waals surface area contributed by atoms with Crippen molar-refractivity contribution in [1.82, 2.24) is 10.2 Å². The second kappa shape index (κ2) is 15.8. The van der Waals surface area contributed by atoms with Gasteiger partial charge in [0.2, 0.25) is 5.91 Å². The predicted molar refractivity (Wildman–Crippen MR) is 171 cm³/mol. The Morgan fingerprint density at radius 1 is 0.800 bits per heavy atom. The summed E-state index contributed by atoms with van der Waals surface area (Å²) in [6.07, 6.45) is 0.121. The van der Waals surface area contributed by atoms with Gasteiger partial charge in [-0.25, -0.2) is 4.39 Å².